The maximum absolute atomic E-state index is 13.7. The van der Waals surface area contributed by atoms with E-state index in [0.717, 1.165) is 12.1 Å². The van der Waals surface area contributed by atoms with Crippen LogP contribution in [0.25, 0.3) is 0 Å². The van der Waals surface area contributed by atoms with Crippen LogP contribution in [0.4, 0.5) is 8.78 Å². The number of carbonyl (C=O) groups excluding carboxylic acids is 1. The van der Waals surface area contributed by atoms with E-state index in [1.807, 2.05) is 0 Å². The Hall–Kier alpha value is -1.24. The number of rotatable bonds is 4. The van der Waals surface area contributed by atoms with Crippen molar-refractivity contribution in [3.8, 4) is 0 Å². The second-order valence-electron chi connectivity index (χ2n) is 4.90. The second kappa shape index (κ2) is 7.68. The Morgan fingerprint density at radius 1 is 1.38 bits per heavy atom. The first-order valence-electron chi connectivity index (χ1n) is 6.52. The summed E-state index contributed by atoms with van der Waals surface area (Å²) in [5.41, 5.74) is -0.204. The predicted octanol–water partition coefficient (Wildman–Crippen LogP) is 1.59. The molecule has 1 amide bonds. The van der Waals surface area contributed by atoms with Gasteiger partial charge in [0, 0.05) is 25.8 Å². The minimum atomic E-state index is -0.894. The minimum Gasteiger partial charge on any atom is -0.378 e. The molecule has 1 heterocycles. The number of nitrogens with one attached hydrogen (secondary N) is 2. The van der Waals surface area contributed by atoms with Crippen molar-refractivity contribution in [1.29, 1.82) is 0 Å². The Bertz CT molecular complexity index is 482. The number of carbonyl (C=O) groups is 1. The predicted molar refractivity (Wildman–Crippen MR) is 77.6 cm³/mol. The van der Waals surface area contributed by atoms with Crippen molar-refractivity contribution in [2.75, 3.05) is 20.2 Å². The molecule has 1 aliphatic heterocycles. The Labute approximate surface area is 128 Å². The molecule has 1 aliphatic rings. The summed E-state index contributed by atoms with van der Waals surface area (Å²) in [7, 11) is 1.57. The molecule has 3 unspecified atom stereocenters. The van der Waals surface area contributed by atoms with Crippen molar-refractivity contribution in [3.63, 3.8) is 0 Å². The summed E-state index contributed by atoms with van der Waals surface area (Å²) in [5, 5.41) is 5.87. The minimum absolute atomic E-state index is 0. The fraction of sp³-hybridized carbons (Fsp3) is 0.500. The maximum Gasteiger partial charge on any atom is 0.227 e. The molecular formula is C14H19ClF2N2O2. The van der Waals surface area contributed by atoms with Crippen molar-refractivity contribution in [3.05, 3.63) is 35.4 Å². The van der Waals surface area contributed by atoms with E-state index < -0.39 is 23.5 Å². The molecule has 2 N–H and O–H groups in total. The van der Waals surface area contributed by atoms with Gasteiger partial charge in [0.25, 0.3) is 0 Å². The van der Waals surface area contributed by atoms with E-state index in [0.29, 0.717) is 13.1 Å². The molecule has 3 atom stereocenters. The van der Waals surface area contributed by atoms with Gasteiger partial charge in [-0.25, -0.2) is 8.78 Å². The molecule has 118 valence electrons. The lowest BCUT2D eigenvalue weighted by molar-refractivity contribution is -0.123. The monoisotopic (exact) mass is 320 g/mol. The van der Waals surface area contributed by atoms with Crippen molar-refractivity contribution in [2.45, 2.75) is 25.0 Å². The highest BCUT2D eigenvalue weighted by atomic mass is 35.5. The Morgan fingerprint density at radius 3 is 2.57 bits per heavy atom. The van der Waals surface area contributed by atoms with E-state index >= 15 is 0 Å². The zero-order chi connectivity index (χ0) is 14.7. The van der Waals surface area contributed by atoms with Crippen LogP contribution in [0.15, 0.2) is 18.2 Å². The number of hydrogen-bond donors (Lipinski definition) is 2. The van der Waals surface area contributed by atoms with Crippen molar-refractivity contribution < 1.29 is 18.3 Å². The van der Waals surface area contributed by atoms with E-state index in [9.17, 15) is 13.6 Å². The molecule has 1 fully saturated rings. The van der Waals surface area contributed by atoms with Gasteiger partial charge < -0.3 is 15.4 Å². The Kier molecular flexibility index (Phi) is 6.51. The van der Waals surface area contributed by atoms with E-state index in [1.165, 1.54) is 13.0 Å². The van der Waals surface area contributed by atoms with Gasteiger partial charge in [-0.2, -0.15) is 0 Å². The van der Waals surface area contributed by atoms with Gasteiger partial charge in [0.05, 0.1) is 18.1 Å². The molecule has 1 saturated heterocycles. The first-order valence-corrected chi connectivity index (χ1v) is 6.52. The molecule has 4 nitrogen and oxygen atoms in total. The molecule has 0 bridgehead atoms. The Morgan fingerprint density at radius 2 is 2.00 bits per heavy atom. The van der Waals surface area contributed by atoms with Crippen molar-refractivity contribution in [1.82, 2.24) is 10.6 Å². The third kappa shape index (κ3) is 3.90. The van der Waals surface area contributed by atoms with Crippen LogP contribution in [0.1, 0.15) is 18.4 Å². The average molecular weight is 321 g/mol. The highest BCUT2D eigenvalue weighted by molar-refractivity contribution is 5.85. The quantitative estimate of drug-likeness (QED) is 0.886. The normalized spacial score (nSPS) is 22.5. The summed E-state index contributed by atoms with van der Waals surface area (Å²) in [4.78, 5) is 12.1. The van der Waals surface area contributed by atoms with E-state index in [-0.39, 0.29) is 30.1 Å². The van der Waals surface area contributed by atoms with Gasteiger partial charge in [-0.05, 0) is 19.1 Å². The highest BCUT2D eigenvalue weighted by Crippen LogP contribution is 2.22. The van der Waals surface area contributed by atoms with Crippen LogP contribution < -0.4 is 10.6 Å². The first kappa shape index (κ1) is 17.8. The van der Waals surface area contributed by atoms with E-state index in [4.69, 9.17) is 4.74 Å². The fourth-order valence-corrected chi connectivity index (χ4v) is 2.41. The summed E-state index contributed by atoms with van der Waals surface area (Å²) in [6, 6.07) is 3.39. The summed E-state index contributed by atoms with van der Waals surface area (Å²) >= 11 is 0. The zero-order valence-corrected chi connectivity index (χ0v) is 12.7. The van der Waals surface area contributed by atoms with Gasteiger partial charge >= 0.3 is 0 Å². The number of benzene rings is 1. The van der Waals surface area contributed by atoms with Gasteiger partial charge in [-0.1, -0.05) is 6.07 Å². The first-order chi connectivity index (χ1) is 9.54. The fourth-order valence-electron chi connectivity index (χ4n) is 2.41. The van der Waals surface area contributed by atoms with Crippen LogP contribution in [0, 0.1) is 11.6 Å². The Balaban J connectivity index is 0.00000220. The van der Waals surface area contributed by atoms with Crippen LogP contribution >= 0.6 is 12.4 Å². The van der Waals surface area contributed by atoms with Gasteiger partial charge in [-0.15, -0.1) is 12.4 Å². The summed E-state index contributed by atoms with van der Waals surface area (Å²) in [5.74, 6) is -2.72. The molecule has 0 saturated carbocycles. The van der Waals surface area contributed by atoms with Gasteiger partial charge in [0.15, 0.2) is 0 Å². The van der Waals surface area contributed by atoms with Crippen LogP contribution in [-0.2, 0) is 9.53 Å². The summed E-state index contributed by atoms with van der Waals surface area (Å²) < 4.78 is 32.6. The third-order valence-corrected chi connectivity index (χ3v) is 3.61. The van der Waals surface area contributed by atoms with Gasteiger partial charge in [0.1, 0.15) is 11.6 Å². The van der Waals surface area contributed by atoms with E-state index in [2.05, 4.69) is 10.6 Å². The van der Waals surface area contributed by atoms with Crippen LogP contribution in [0.5, 0.6) is 0 Å². The summed E-state index contributed by atoms with van der Waals surface area (Å²) in [6.45, 7) is 2.71. The zero-order valence-electron chi connectivity index (χ0n) is 11.9. The molecular weight excluding hydrogens is 302 g/mol. The molecule has 0 radical (unpaired) electrons. The average Bonchev–Trinajstić information content (AvgIpc) is 2.85. The molecule has 21 heavy (non-hydrogen) atoms. The lowest BCUT2D eigenvalue weighted by Crippen LogP contribution is -2.45. The smallest absolute Gasteiger partial charge is 0.227 e. The number of halogens is 3. The second-order valence-corrected chi connectivity index (χ2v) is 4.90. The van der Waals surface area contributed by atoms with E-state index in [1.54, 1.807) is 7.11 Å². The number of methoxy groups -OCH3 is 1. The van der Waals surface area contributed by atoms with Crippen LogP contribution in [0.3, 0.4) is 0 Å². The molecule has 0 aromatic heterocycles. The third-order valence-electron chi connectivity index (χ3n) is 3.61. The van der Waals surface area contributed by atoms with Crippen molar-refractivity contribution in [2.24, 2.45) is 0 Å². The van der Waals surface area contributed by atoms with Crippen LogP contribution in [-0.4, -0.2) is 38.3 Å². The summed E-state index contributed by atoms with van der Waals surface area (Å²) in [6.07, 6.45) is -0.128. The molecule has 0 aliphatic carbocycles. The lowest BCUT2D eigenvalue weighted by atomic mass is 9.98. The molecule has 2 rings (SSSR count). The number of ether oxygens (including phenoxy) is 1. The van der Waals surface area contributed by atoms with Gasteiger partial charge in [-0.3, -0.25) is 4.79 Å². The maximum atomic E-state index is 13.7. The number of hydrogen-bond acceptors (Lipinski definition) is 3. The molecule has 1 aromatic rings. The standard InChI is InChI=1S/C14H18F2N2O2.ClH/c1-8(13-9(15)4-3-5-10(13)16)14(19)18-11-6-17-7-12(11)20-2;/h3-5,8,11-12,17H,6-7H2,1-2H3,(H,18,19);1H. The molecule has 0 spiro atoms. The molecule has 1 aromatic carbocycles. The topological polar surface area (TPSA) is 50.4 Å². The van der Waals surface area contributed by atoms with Crippen molar-refractivity contribution >= 4 is 18.3 Å². The van der Waals surface area contributed by atoms with Gasteiger partial charge in [0.2, 0.25) is 5.91 Å². The SMILES string of the molecule is COC1CNCC1NC(=O)C(C)c1c(F)cccc1F.Cl. The lowest BCUT2D eigenvalue weighted by Gasteiger charge is -2.21. The van der Waals surface area contributed by atoms with Crippen LogP contribution in [0.2, 0.25) is 0 Å². The highest BCUT2D eigenvalue weighted by Gasteiger charge is 2.31. The molecule has 7 heteroatoms. The largest absolute Gasteiger partial charge is 0.378 e. The number of amides is 1.